The Morgan fingerprint density at radius 3 is 2.66 bits per heavy atom. The third-order valence-corrected chi connectivity index (χ3v) is 5.46. The fraction of sp³-hybridized carbons (Fsp3) is 0.348. The number of hydrogen-bond acceptors (Lipinski definition) is 3. The standard InChI is InChI=1S/C23H26N4O2/c1-16-25-19-9-4-6-11-21(19)27(16)15-7-14-24-22(28)18-8-3-5-10-20(18)26(2)23(29)17-12-13-17/h3-6,8-11,17H,7,12-15H2,1-2H3,(H,24,28). The van der Waals surface area contributed by atoms with Crippen molar-refractivity contribution in [1.29, 1.82) is 0 Å². The normalized spacial score (nSPS) is 13.4. The van der Waals surface area contributed by atoms with Gasteiger partial charge in [-0.3, -0.25) is 9.59 Å². The number of nitrogens with zero attached hydrogens (tertiary/aromatic N) is 3. The van der Waals surface area contributed by atoms with Crippen LogP contribution in [-0.2, 0) is 11.3 Å². The van der Waals surface area contributed by atoms with Gasteiger partial charge in [0.2, 0.25) is 5.91 Å². The number of carbonyl (C=O) groups excluding carboxylic acids is 2. The lowest BCUT2D eigenvalue weighted by Gasteiger charge is -2.20. The molecule has 4 rings (SSSR count). The number of hydrogen-bond donors (Lipinski definition) is 1. The van der Waals surface area contributed by atoms with E-state index in [9.17, 15) is 9.59 Å². The van der Waals surface area contributed by atoms with E-state index >= 15 is 0 Å². The maximum Gasteiger partial charge on any atom is 0.253 e. The van der Waals surface area contributed by atoms with Crippen LogP contribution < -0.4 is 10.2 Å². The van der Waals surface area contributed by atoms with Crippen LogP contribution >= 0.6 is 0 Å². The van der Waals surface area contributed by atoms with Gasteiger partial charge >= 0.3 is 0 Å². The molecule has 0 saturated heterocycles. The summed E-state index contributed by atoms with van der Waals surface area (Å²) in [6.07, 6.45) is 2.69. The number of imidazole rings is 1. The van der Waals surface area contributed by atoms with Crippen molar-refractivity contribution >= 4 is 28.5 Å². The van der Waals surface area contributed by atoms with Crippen molar-refractivity contribution in [3.05, 3.63) is 59.9 Å². The molecule has 2 amide bonds. The first-order chi connectivity index (χ1) is 14.1. The summed E-state index contributed by atoms with van der Waals surface area (Å²) in [5.74, 6) is 1.03. The van der Waals surface area contributed by atoms with Gasteiger partial charge in [0.05, 0.1) is 22.3 Å². The molecule has 0 atom stereocenters. The number of fused-ring (bicyclic) bond motifs is 1. The predicted molar refractivity (Wildman–Crippen MR) is 114 cm³/mol. The summed E-state index contributed by atoms with van der Waals surface area (Å²) in [4.78, 5) is 31.3. The van der Waals surface area contributed by atoms with Gasteiger partial charge in [0, 0.05) is 26.1 Å². The van der Waals surface area contributed by atoms with Crippen molar-refractivity contribution in [2.45, 2.75) is 32.7 Å². The summed E-state index contributed by atoms with van der Waals surface area (Å²) >= 11 is 0. The number of amides is 2. The van der Waals surface area contributed by atoms with Crippen LogP contribution in [0.15, 0.2) is 48.5 Å². The third-order valence-electron chi connectivity index (χ3n) is 5.46. The highest BCUT2D eigenvalue weighted by molar-refractivity contribution is 6.05. The van der Waals surface area contributed by atoms with E-state index in [1.165, 1.54) is 0 Å². The topological polar surface area (TPSA) is 67.2 Å². The van der Waals surface area contributed by atoms with Gasteiger partial charge in [-0.2, -0.15) is 0 Å². The van der Waals surface area contributed by atoms with Crippen LogP contribution in [0.5, 0.6) is 0 Å². The minimum Gasteiger partial charge on any atom is -0.352 e. The molecule has 6 heteroatoms. The van der Waals surface area contributed by atoms with Gasteiger partial charge < -0.3 is 14.8 Å². The average Bonchev–Trinajstić information content (AvgIpc) is 3.54. The van der Waals surface area contributed by atoms with Crippen LogP contribution in [0.25, 0.3) is 11.0 Å². The molecule has 1 aliphatic carbocycles. The molecule has 1 N–H and O–H groups in total. The summed E-state index contributed by atoms with van der Waals surface area (Å²) in [7, 11) is 1.75. The lowest BCUT2D eigenvalue weighted by Crippen LogP contribution is -2.32. The Kier molecular flexibility index (Phi) is 5.34. The zero-order chi connectivity index (χ0) is 20.4. The lowest BCUT2D eigenvalue weighted by atomic mass is 10.1. The second-order valence-electron chi connectivity index (χ2n) is 7.60. The first-order valence-corrected chi connectivity index (χ1v) is 10.1. The summed E-state index contributed by atoms with van der Waals surface area (Å²) in [5.41, 5.74) is 3.31. The van der Waals surface area contributed by atoms with E-state index in [2.05, 4.69) is 20.9 Å². The Balaban J connectivity index is 1.38. The highest BCUT2D eigenvalue weighted by Gasteiger charge is 2.33. The maximum atomic E-state index is 12.8. The number of aryl methyl sites for hydroxylation is 2. The van der Waals surface area contributed by atoms with Gasteiger partial charge in [0.1, 0.15) is 5.82 Å². The zero-order valence-electron chi connectivity index (χ0n) is 16.9. The molecule has 0 bridgehead atoms. The highest BCUT2D eigenvalue weighted by Crippen LogP contribution is 2.33. The van der Waals surface area contributed by atoms with Gasteiger partial charge in [-0.1, -0.05) is 24.3 Å². The zero-order valence-corrected chi connectivity index (χ0v) is 16.9. The summed E-state index contributed by atoms with van der Waals surface area (Å²) in [5, 5.41) is 3.00. The Morgan fingerprint density at radius 1 is 1.14 bits per heavy atom. The molecule has 0 unspecified atom stereocenters. The first-order valence-electron chi connectivity index (χ1n) is 10.1. The molecular weight excluding hydrogens is 364 g/mol. The van der Waals surface area contributed by atoms with Crippen molar-refractivity contribution in [3.63, 3.8) is 0 Å². The van der Waals surface area contributed by atoms with Gasteiger partial charge in [0.25, 0.3) is 5.91 Å². The lowest BCUT2D eigenvalue weighted by molar-refractivity contribution is -0.119. The Labute approximate surface area is 170 Å². The third kappa shape index (κ3) is 4.01. The number of rotatable bonds is 7. The molecule has 2 aromatic carbocycles. The SMILES string of the molecule is Cc1nc2ccccc2n1CCCNC(=O)c1ccccc1N(C)C(=O)C1CC1. The van der Waals surface area contributed by atoms with Crippen LogP contribution in [-0.4, -0.2) is 35.0 Å². The highest BCUT2D eigenvalue weighted by atomic mass is 16.2. The number of benzene rings is 2. The molecular formula is C23H26N4O2. The van der Waals surface area contributed by atoms with E-state index in [4.69, 9.17) is 0 Å². The van der Waals surface area contributed by atoms with E-state index in [1.54, 1.807) is 18.0 Å². The molecule has 1 saturated carbocycles. The maximum absolute atomic E-state index is 12.8. The van der Waals surface area contributed by atoms with E-state index in [-0.39, 0.29) is 17.7 Å². The second kappa shape index (κ2) is 8.07. The summed E-state index contributed by atoms with van der Waals surface area (Å²) in [6.45, 7) is 3.34. The van der Waals surface area contributed by atoms with Crippen LogP contribution in [0.1, 0.15) is 35.4 Å². The quantitative estimate of drug-likeness (QED) is 0.628. The number of nitrogens with one attached hydrogen (secondary N) is 1. The minimum atomic E-state index is -0.150. The Morgan fingerprint density at radius 2 is 1.86 bits per heavy atom. The molecule has 6 nitrogen and oxygen atoms in total. The number of anilines is 1. The first kappa shape index (κ1) is 19.2. The molecule has 150 valence electrons. The van der Waals surface area contributed by atoms with Crippen LogP contribution in [0.2, 0.25) is 0 Å². The molecule has 3 aromatic rings. The average molecular weight is 390 g/mol. The summed E-state index contributed by atoms with van der Waals surface area (Å²) in [6, 6.07) is 15.4. The fourth-order valence-electron chi connectivity index (χ4n) is 3.69. The molecule has 0 radical (unpaired) electrons. The molecule has 1 aliphatic rings. The van der Waals surface area contributed by atoms with Gasteiger partial charge in [-0.05, 0) is 50.5 Å². The van der Waals surface area contributed by atoms with Gasteiger partial charge in [-0.25, -0.2) is 4.98 Å². The van der Waals surface area contributed by atoms with Gasteiger partial charge in [-0.15, -0.1) is 0 Å². The smallest absolute Gasteiger partial charge is 0.253 e. The molecule has 0 spiro atoms. The van der Waals surface area contributed by atoms with Crippen molar-refractivity contribution in [1.82, 2.24) is 14.9 Å². The molecule has 0 aliphatic heterocycles. The van der Waals surface area contributed by atoms with Gasteiger partial charge in [0.15, 0.2) is 0 Å². The van der Waals surface area contributed by atoms with Crippen molar-refractivity contribution in [2.75, 3.05) is 18.5 Å². The van der Waals surface area contributed by atoms with E-state index in [0.29, 0.717) is 17.8 Å². The Bertz CT molecular complexity index is 1050. The molecule has 1 fully saturated rings. The molecule has 1 aromatic heterocycles. The fourth-order valence-corrected chi connectivity index (χ4v) is 3.69. The van der Waals surface area contributed by atoms with E-state index < -0.39 is 0 Å². The van der Waals surface area contributed by atoms with Crippen molar-refractivity contribution in [3.8, 4) is 0 Å². The molecule has 29 heavy (non-hydrogen) atoms. The van der Waals surface area contributed by atoms with Crippen molar-refractivity contribution < 1.29 is 9.59 Å². The number of para-hydroxylation sites is 3. The second-order valence-corrected chi connectivity index (χ2v) is 7.60. The largest absolute Gasteiger partial charge is 0.352 e. The van der Waals surface area contributed by atoms with Crippen molar-refractivity contribution in [2.24, 2.45) is 5.92 Å². The van der Waals surface area contributed by atoms with E-state index in [1.807, 2.05) is 43.3 Å². The van der Waals surface area contributed by atoms with E-state index in [0.717, 1.165) is 42.7 Å². The van der Waals surface area contributed by atoms with Crippen LogP contribution in [0.3, 0.4) is 0 Å². The Hall–Kier alpha value is -3.15. The minimum absolute atomic E-state index is 0.0905. The van der Waals surface area contributed by atoms with Crippen LogP contribution in [0.4, 0.5) is 5.69 Å². The number of carbonyl (C=O) groups is 2. The summed E-state index contributed by atoms with van der Waals surface area (Å²) < 4.78 is 2.18. The van der Waals surface area contributed by atoms with Crippen LogP contribution in [0, 0.1) is 12.8 Å². The number of aromatic nitrogens is 2. The monoisotopic (exact) mass is 390 g/mol. The predicted octanol–water partition coefficient (Wildman–Crippen LogP) is 3.54. The molecule has 1 heterocycles.